The van der Waals surface area contributed by atoms with Crippen molar-refractivity contribution < 1.29 is 9.18 Å². The Labute approximate surface area is 143 Å². The number of carbonyl (C=O) groups excluding carboxylic acids is 1. The molecule has 0 radical (unpaired) electrons. The average molecular weight is 341 g/mol. The highest BCUT2D eigenvalue weighted by Gasteiger charge is 2.11. The zero-order valence-corrected chi connectivity index (χ0v) is 13.9. The molecule has 0 spiro atoms. The third-order valence-electron chi connectivity index (χ3n) is 3.70. The molecule has 1 aromatic heterocycles. The van der Waals surface area contributed by atoms with Gasteiger partial charge in [0.2, 0.25) is 0 Å². The van der Waals surface area contributed by atoms with E-state index in [0.29, 0.717) is 11.1 Å². The maximum atomic E-state index is 13.9. The maximum absolute atomic E-state index is 13.9. The van der Waals surface area contributed by atoms with Crippen molar-refractivity contribution in [1.82, 2.24) is 15.5 Å². The number of rotatable bonds is 5. The normalized spacial score (nSPS) is 10.6. The van der Waals surface area contributed by atoms with Gasteiger partial charge >= 0.3 is 0 Å². The minimum Gasteiger partial charge on any atom is -0.348 e. The van der Waals surface area contributed by atoms with Crippen LogP contribution in [0.1, 0.15) is 15.9 Å². The van der Waals surface area contributed by atoms with Crippen LogP contribution in [-0.2, 0) is 6.54 Å². The van der Waals surface area contributed by atoms with Crippen LogP contribution in [0.15, 0.2) is 59.8 Å². The molecule has 6 heteroatoms. The summed E-state index contributed by atoms with van der Waals surface area (Å²) in [5.41, 5.74) is 2.97. The highest BCUT2D eigenvalue weighted by molar-refractivity contribution is 7.98. The first-order chi connectivity index (χ1) is 11.7. The SMILES string of the molecule is CSc1cccc(F)c1CNC(=O)c1ccc(-c2cn[nH]c2)cc1. The summed E-state index contributed by atoms with van der Waals surface area (Å²) in [7, 11) is 0. The molecule has 0 aliphatic heterocycles. The summed E-state index contributed by atoms with van der Waals surface area (Å²) in [6.45, 7) is 0.158. The van der Waals surface area contributed by atoms with Crippen molar-refractivity contribution in [3.63, 3.8) is 0 Å². The zero-order chi connectivity index (χ0) is 16.9. The largest absolute Gasteiger partial charge is 0.348 e. The van der Waals surface area contributed by atoms with Crippen LogP contribution in [0.5, 0.6) is 0 Å². The Hall–Kier alpha value is -2.60. The third kappa shape index (κ3) is 3.49. The summed E-state index contributed by atoms with van der Waals surface area (Å²) in [6.07, 6.45) is 5.39. The molecule has 3 aromatic rings. The molecule has 122 valence electrons. The van der Waals surface area contributed by atoms with E-state index in [1.54, 1.807) is 30.6 Å². The number of halogens is 1. The molecule has 24 heavy (non-hydrogen) atoms. The van der Waals surface area contributed by atoms with Gasteiger partial charge in [0.25, 0.3) is 5.91 Å². The van der Waals surface area contributed by atoms with Gasteiger partial charge in [0.1, 0.15) is 5.82 Å². The number of H-pyrrole nitrogens is 1. The number of benzene rings is 2. The number of amides is 1. The van der Waals surface area contributed by atoms with E-state index in [4.69, 9.17) is 0 Å². The molecule has 0 aliphatic rings. The van der Waals surface area contributed by atoms with Crippen molar-refractivity contribution >= 4 is 17.7 Å². The van der Waals surface area contributed by atoms with Crippen molar-refractivity contribution in [2.24, 2.45) is 0 Å². The number of aromatic amines is 1. The molecule has 0 unspecified atom stereocenters. The van der Waals surface area contributed by atoms with Crippen LogP contribution in [0.4, 0.5) is 4.39 Å². The Balaban J connectivity index is 1.70. The fraction of sp³-hybridized carbons (Fsp3) is 0.111. The lowest BCUT2D eigenvalue weighted by Gasteiger charge is -2.10. The lowest BCUT2D eigenvalue weighted by atomic mass is 10.1. The first-order valence-electron chi connectivity index (χ1n) is 7.38. The molecule has 0 saturated carbocycles. The number of thioether (sulfide) groups is 1. The third-order valence-corrected chi connectivity index (χ3v) is 4.52. The molecule has 2 N–H and O–H groups in total. The second-order valence-corrected chi connectivity index (χ2v) is 6.02. The topological polar surface area (TPSA) is 57.8 Å². The molecule has 4 nitrogen and oxygen atoms in total. The van der Waals surface area contributed by atoms with Gasteiger partial charge in [-0.1, -0.05) is 18.2 Å². The van der Waals surface area contributed by atoms with Crippen molar-refractivity contribution in [1.29, 1.82) is 0 Å². The fourth-order valence-electron chi connectivity index (χ4n) is 2.40. The molecule has 0 saturated heterocycles. The predicted molar refractivity (Wildman–Crippen MR) is 93.4 cm³/mol. The van der Waals surface area contributed by atoms with E-state index in [2.05, 4.69) is 15.5 Å². The van der Waals surface area contributed by atoms with Crippen LogP contribution in [0.2, 0.25) is 0 Å². The summed E-state index contributed by atoms with van der Waals surface area (Å²) >= 11 is 1.46. The average Bonchev–Trinajstić information content (AvgIpc) is 3.15. The summed E-state index contributed by atoms with van der Waals surface area (Å²) in [6, 6.07) is 12.1. The van der Waals surface area contributed by atoms with Gasteiger partial charge in [-0.15, -0.1) is 11.8 Å². The Kier molecular flexibility index (Phi) is 4.96. The summed E-state index contributed by atoms with van der Waals surface area (Å²) < 4.78 is 13.9. The highest BCUT2D eigenvalue weighted by atomic mass is 32.2. The number of aromatic nitrogens is 2. The van der Waals surface area contributed by atoms with Crippen molar-refractivity contribution in [2.75, 3.05) is 6.26 Å². The number of carbonyl (C=O) groups is 1. The predicted octanol–water partition coefficient (Wildman–Crippen LogP) is 3.87. The van der Waals surface area contributed by atoms with E-state index in [0.717, 1.165) is 16.0 Å². The van der Waals surface area contributed by atoms with Gasteiger partial charge in [0.15, 0.2) is 0 Å². The molecule has 3 rings (SSSR count). The summed E-state index contributed by atoms with van der Waals surface area (Å²) in [4.78, 5) is 13.1. The lowest BCUT2D eigenvalue weighted by molar-refractivity contribution is 0.0950. The van der Waals surface area contributed by atoms with Gasteiger partial charge < -0.3 is 5.32 Å². The van der Waals surface area contributed by atoms with E-state index >= 15 is 0 Å². The van der Waals surface area contributed by atoms with Gasteiger partial charge in [-0.25, -0.2) is 4.39 Å². The second-order valence-electron chi connectivity index (χ2n) is 5.17. The number of hydrogen-bond donors (Lipinski definition) is 2. The Morgan fingerprint density at radius 2 is 2.00 bits per heavy atom. The smallest absolute Gasteiger partial charge is 0.251 e. The van der Waals surface area contributed by atoms with Crippen molar-refractivity contribution in [3.8, 4) is 11.1 Å². The van der Waals surface area contributed by atoms with Crippen molar-refractivity contribution in [3.05, 3.63) is 71.8 Å². The minimum atomic E-state index is -0.308. The van der Waals surface area contributed by atoms with E-state index in [1.807, 2.05) is 24.5 Å². The van der Waals surface area contributed by atoms with Crippen LogP contribution in [0.25, 0.3) is 11.1 Å². The summed E-state index contributed by atoms with van der Waals surface area (Å²) in [5.74, 6) is -0.540. The number of nitrogens with zero attached hydrogens (tertiary/aromatic N) is 1. The van der Waals surface area contributed by atoms with Gasteiger partial charge in [-0.3, -0.25) is 9.89 Å². The highest BCUT2D eigenvalue weighted by Crippen LogP contribution is 2.23. The van der Waals surface area contributed by atoms with Crippen molar-refractivity contribution in [2.45, 2.75) is 11.4 Å². The van der Waals surface area contributed by atoms with Gasteiger partial charge in [-0.2, -0.15) is 5.10 Å². The monoisotopic (exact) mass is 341 g/mol. The standard InChI is InChI=1S/C18H16FN3OS/c1-24-17-4-2-3-16(19)15(17)11-20-18(23)13-7-5-12(6-8-13)14-9-21-22-10-14/h2-10H,11H2,1H3,(H,20,23)(H,21,22). The van der Waals surface area contributed by atoms with E-state index < -0.39 is 0 Å². The molecule has 0 atom stereocenters. The van der Waals surface area contributed by atoms with Gasteiger partial charge in [0, 0.05) is 34.3 Å². The zero-order valence-electron chi connectivity index (χ0n) is 13.0. The van der Waals surface area contributed by atoms with Gasteiger partial charge in [0.05, 0.1) is 6.20 Å². The molecule has 0 aliphatic carbocycles. The minimum absolute atomic E-state index is 0.158. The van der Waals surface area contributed by atoms with Crippen LogP contribution >= 0.6 is 11.8 Å². The number of hydrogen-bond acceptors (Lipinski definition) is 3. The molecule has 2 aromatic carbocycles. The van der Waals surface area contributed by atoms with Gasteiger partial charge in [-0.05, 0) is 36.1 Å². The first-order valence-corrected chi connectivity index (χ1v) is 8.60. The number of nitrogens with one attached hydrogen (secondary N) is 2. The molecule has 0 bridgehead atoms. The Morgan fingerprint density at radius 3 is 2.67 bits per heavy atom. The van der Waals surface area contributed by atoms with E-state index in [1.165, 1.54) is 17.8 Å². The van der Waals surface area contributed by atoms with Crippen LogP contribution in [-0.4, -0.2) is 22.4 Å². The van der Waals surface area contributed by atoms with E-state index in [-0.39, 0.29) is 18.3 Å². The Bertz CT molecular complexity index is 832. The molecular formula is C18H16FN3OS. The second kappa shape index (κ2) is 7.31. The Morgan fingerprint density at radius 1 is 1.21 bits per heavy atom. The van der Waals surface area contributed by atoms with E-state index in [9.17, 15) is 9.18 Å². The maximum Gasteiger partial charge on any atom is 0.251 e. The molecule has 0 fully saturated rings. The molecular weight excluding hydrogens is 325 g/mol. The molecule has 1 amide bonds. The van der Waals surface area contributed by atoms with Crippen LogP contribution < -0.4 is 5.32 Å². The van der Waals surface area contributed by atoms with Crippen LogP contribution in [0, 0.1) is 5.82 Å². The lowest BCUT2D eigenvalue weighted by Crippen LogP contribution is -2.23. The first kappa shape index (κ1) is 16.3. The quantitative estimate of drug-likeness (QED) is 0.693. The summed E-state index contributed by atoms with van der Waals surface area (Å²) in [5, 5.41) is 9.43. The molecule has 1 heterocycles. The fourth-order valence-corrected chi connectivity index (χ4v) is 3.03. The van der Waals surface area contributed by atoms with Crippen LogP contribution in [0.3, 0.4) is 0 Å².